The monoisotopic (exact) mass is 300 g/mol. The van der Waals surface area contributed by atoms with Gasteiger partial charge in [0.05, 0.1) is 6.10 Å². The summed E-state index contributed by atoms with van der Waals surface area (Å²) in [4.78, 5) is 2.34. The van der Waals surface area contributed by atoms with E-state index in [1.165, 1.54) is 12.1 Å². The molecule has 1 heterocycles. The average Bonchev–Trinajstić information content (AvgIpc) is 2.46. The molecule has 0 aromatic heterocycles. The van der Waals surface area contributed by atoms with Gasteiger partial charge in [-0.15, -0.1) is 0 Å². The molecular weight excluding hydrogens is 279 g/mol. The number of nitrogens with two attached hydrogens (primary N) is 1. The van der Waals surface area contributed by atoms with Gasteiger partial charge in [-0.1, -0.05) is 17.7 Å². The normalized spacial score (nSPS) is 25.6. The van der Waals surface area contributed by atoms with Crippen molar-refractivity contribution in [2.45, 2.75) is 38.0 Å². The van der Waals surface area contributed by atoms with Gasteiger partial charge in [0.1, 0.15) is 5.82 Å². The molecule has 1 saturated heterocycles. The lowest BCUT2D eigenvalue weighted by Crippen LogP contribution is -2.49. The second-order valence-corrected chi connectivity index (χ2v) is 5.76. The first-order chi connectivity index (χ1) is 9.56. The summed E-state index contributed by atoms with van der Waals surface area (Å²) in [5.41, 5.74) is 6.85. The van der Waals surface area contributed by atoms with E-state index in [0.29, 0.717) is 11.6 Å². The number of likely N-dealkylation sites (tertiary alicyclic amines) is 1. The summed E-state index contributed by atoms with van der Waals surface area (Å²) in [6.45, 7) is 3.59. The van der Waals surface area contributed by atoms with Crippen LogP contribution in [0.15, 0.2) is 18.2 Å². The Morgan fingerprint density at radius 1 is 1.55 bits per heavy atom. The zero-order valence-electron chi connectivity index (χ0n) is 12.0. The Kier molecular flexibility index (Phi) is 5.38. The quantitative estimate of drug-likeness (QED) is 0.929. The molecule has 0 radical (unpaired) electrons. The first-order valence-electron chi connectivity index (χ1n) is 7.00. The molecule has 112 valence electrons. The molecule has 3 nitrogen and oxygen atoms in total. The maximum atomic E-state index is 13.2. The van der Waals surface area contributed by atoms with E-state index < -0.39 is 0 Å². The molecule has 0 spiro atoms. The summed E-state index contributed by atoms with van der Waals surface area (Å²) in [6.07, 6.45) is 2.18. The Morgan fingerprint density at radius 2 is 2.30 bits per heavy atom. The van der Waals surface area contributed by atoms with Crippen molar-refractivity contribution in [3.8, 4) is 0 Å². The molecule has 2 rings (SSSR count). The van der Waals surface area contributed by atoms with Crippen LogP contribution in [0.3, 0.4) is 0 Å². The Bertz CT molecular complexity index is 457. The SMILES string of the molecule is COC1CCN(C(C)c2ccc(F)cc2Cl)C(CN)C1. The first-order valence-corrected chi connectivity index (χ1v) is 7.38. The molecule has 1 aliphatic heterocycles. The summed E-state index contributed by atoms with van der Waals surface area (Å²) in [7, 11) is 1.74. The maximum Gasteiger partial charge on any atom is 0.124 e. The number of nitrogens with zero attached hydrogens (tertiary/aromatic N) is 1. The van der Waals surface area contributed by atoms with Gasteiger partial charge >= 0.3 is 0 Å². The van der Waals surface area contributed by atoms with Crippen molar-refractivity contribution in [2.24, 2.45) is 5.73 Å². The minimum atomic E-state index is -0.306. The van der Waals surface area contributed by atoms with Crippen LogP contribution in [0.25, 0.3) is 0 Å². The van der Waals surface area contributed by atoms with E-state index in [0.717, 1.165) is 24.9 Å². The first kappa shape index (κ1) is 15.7. The van der Waals surface area contributed by atoms with Crippen LogP contribution in [0.1, 0.15) is 31.4 Å². The molecular formula is C15H22ClFN2O. The number of hydrogen-bond acceptors (Lipinski definition) is 3. The second-order valence-electron chi connectivity index (χ2n) is 5.35. The Labute approximate surface area is 124 Å². The highest BCUT2D eigenvalue weighted by molar-refractivity contribution is 6.31. The molecule has 20 heavy (non-hydrogen) atoms. The van der Waals surface area contributed by atoms with Crippen LogP contribution in [0.4, 0.5) is 4.39 Å². The van der Waals surface area contributed by atoms with Gasteiger partial charge in [0.25, 0.3) is 0 Å². The van der Waals surface area contributed by atoms with Crippen LogP contribution in [-0.4, -0.2) is 37.2 Å². The molecule has 0 aliphatic carbocycles. The fraction of sp³-hybridized carbons (Fsp3) is 0.600. The number of methoxy groups -OCH3 is 1. The van der Waals surface area contributed by atoms with E-state index in [4.69, 9.17) is 22.1 Å². The molecule has 1 aromatic carbocycles. The lowest BCUT2D eigenvalue weighted by molar-refractivity contribution is -0.00162. The Hall–Kier alpha value is -0.680. The number of halogens is 2. The lowest BCUT2D eigenvalue weighted by Gasteiger charge is -2.42. The van der Waals surface area contributed by atoms with Crippen molar-refractivity contribution in [2.75, 3.05) is 20.2 Å². The van der Waals surface area contributed by atoms with Crippen molar-refractivity contribution in [3.63, 3.8) is 0 Å². The van der Waals surface area contributed by atoms with Crippen LogP contribution < -0.4 is 5.73 Å². The van der Waals surface area contributed by atoms with Gasteiger partial charge in [-0.3, -0.25) is 4.90 Å². The second kappa shape index (κ2) is 6.85. The molecule has 0 amide bonds. The Morgan fingerprint density at radius 3 is 2.90 bits per heavy atom. The number of hydrogen-bond donors (Lipinski definition) is 1. The highest BCUT2D eigenvalue weighted by atomic mass is 35.5. The Balaban J connectivity index is 2.17. The number of benzene rings is 1. The summed E-state index contributed by atoms with van der Waals surface area (Å²) in [5, 5.41) is 0.474. The van der Waals surface area contributed by atoms with Crippen molar-refractivity contribution < 1.29 is 9.13 Å². The third kappa shape index (κ3) is 3.31. The predicted octanol–water partition coefficient (Wildman–Crippen LogP) is 2.98. The van der Waals surface area contributed by atoms with Crippen molar-refractivity contribution in [1.29, 1.82) is 0 Å². The van der Waals surface area contributed by atoms with Crippen LogP contribution in [0, 0.1) is 5.82 Å². The van der Waals surface area contributed by atoms with Crippen molar-refractivity contribution in [3.05, 3.63) is 34.6 Å². The van der Waals surface area contributed by atoms with E-state index in [1.54, 1.807) is 13.2 Å². The van der Waals surface area contributed by atoms with Gasteiger partial charge in [-0.25, -0.2) is 4.39 Å². The number of ether oxygens (including phenoxy) is 1. The van der Waals surface area contributed by atoms with E-state index in [9.17, 15) is 4.39 Å². The van der Waals surface area contributed by atoms with Gasteiger partial charge in [0.2, 0.25) is 0 Å². The molecule has 3 atom stereocenters. The van der Waals surface area contributed by atoms with Crippen LogP contribution >= 0.6 is 11.6 Å². The minimum Gasteiger partial charge on any atom is -0.381 e. The molecule has 2 N–H and O–H groups in total. The predicted molar refractivity (Wildman–Crippen MR) is 79.4 cm³/mol. The van der Waals surface area contributed by atoms with Gasteiger partial charge in [0.15, 0.2) is 0 Å². The standard InChI is InChI=1S/C15H22ClFN2O/c1-10(14-4-3-11(17)7-15(14)16)19-6-5-13(20-2)8-12(19)9-18/h3-4,7,10,12-13H,5-6,8-9,18H2,1-2H3. The molecule has 1 aliphatic rings. The summed E-state index contributed by atoms with van der Waals surface area (Å²) >= 11 is 6.17. The zero-order valence-corrected chi connectivity index (χ0v) is 12.7. The zero-order chi connectivity index (χ0) is 14.7. The maximum absolute atomic E-state index is 13.2. The van der Waals surface area contributed by atoms with Gasteiger partial charge in [-0.05, 0) is 37.5 Å². The molecule has 1 aromatic rings. The smallest absolute Gasteiger partial charge is 0.124 e. The van der Waals surface area contributed by atoms with Crippen LogP contribution in [0.2, 0.25) is 5.02 Å². The van der Waals surface area contributed by atoms with E-state index in [2.05, 4.69) is 11.8 Å². The number of rotatable bonds is 4. The third-order valence-electron chi connectivity index (χ3n) is 4.23. The third-order valence-corrected chi connectivity index (χ3v) is 4.56. The van der Waals surface area contributed by atoms with Crippen LogP contribution in [-0.2, 0) is 4.74 Å². The van der Waals surface area contributed by atoms with Gasteiger partial charge in [0, 0.05) is 37.3 Å². The molecule has 0 saturated carbocycles. The summed E-state index contributed by atoms with van der Waals surface area (Å²) in [5.74, 6) is -0.306. The largest absolute Gasteiger partial charge is 0.381 e. The molecule has 1 fully saturated rings. The van der Waals surface area contributed by atoms with Crippen molar-refractivity contribution >= 4 is 11.6 Å². The van der Waals surface area contributed by atoms with Gasteiger partial charge < -0.3 is 10.5 Å². The average molecular weight is 301 g/mol. The fourth-order valence-corrected chi connectivity index (χ4v) is 3.33. The topological polar surface area (TPSA) is 38.5 Å². The fourth-order valence-electron chi connectivity index (χ4n) is 3.01. The highest BCUT2D eigenvalue weighted by Crippen LogP contribution is 2.32. The number of piperidine rings is 1. The molecule has 3 unspecified atom stereocenters. The minimum absolute atomic E-state index is 0.120. The lowest BCUT2D eigenvalue weighted by atomic mass is 9.95. The molecule has 0 bridgehead atoms. The van der Waals surface area contributed by atoms with Gasteiger partial charge in [-0.2, -0.15) is 0 Å². The van der Waals surface area contributed by atoms with E-state index >= 15 is 0 Å². The van der Waals surface area contributed by atoms with E-state index in [1.807, 2.05) is 0 Å². The van der Waals surface area contributed by atoms with Crippen molar-refractivity contribution in [1.82, 2.24) is 4.90 Å². The highest BCUT2D eigenvalue weighted by Gasteiger charge is 2.31. The van der Waals surface area contributed by atoms with E-state index in [-0.39, 0.29) is 24.0 Å². The van der Waals surface area contributed by atoms with Crippen LogP contribution in [0.5, 0.6) is 0 Å². The summed E-state index contributed by atoms with van der Waals surface area (Å²) in [6, 6.07) is 4.97. The summed E-state index contributed by atoms with van der Waals surface area (Å²) < 4.78 is 18.6. The molecule has 5 heteroatoms.